The highest BCUT2D eigenvalue weighted by Gasteiger charge is 2.03. The molecule has 0 spiro atoms. The maximum atomic E-state index is 5.89. The number of nitrogens with zero attached hydrogens (tertiary/aromatic N) is 2. The van der Waals surface area contributed by atoms with Crippen molar-refractivity contribution in [3.8, 4) is 0 Å². The number of nitrogens with one attached hydrogen (secondary N) is 2. The van der Waals surface area contributed by atoms with Crippen molar-refractivity contribution >= 4 is 40.0 Å². The number of benzene rings is 2. The largest absolute Gasteiger partial charge is 0.384 e. The summed E-state index contributed by atoms with van der Waals surface area (Å²) in [6, 6.07) is 17.7. The standard InChI is InChI=1S/C18H17ClN4S/c1-13(20-12-14-7-9-15(19)10-8-14)11-17-22-18(24-23-17)21-16-5-3-2-4-6-16/h2-11,20H,12H2,1H3,(H,21,22,23). The Morgan fingerprint density at radius 3 is 2.62 bits per heavy atom. The fraction of sp³-hybridized carbons (Fsp3) is 0.111. The van der Waals surface area contributed by atoms with Gasteiger partial charge in [-0.2, -0.15) is 9.36 Å². The van der Waals surface area contributed by atoms with Crippen LogP contribution in [0.25, 0.3) is 6.08 Å². The lowest BCUT2D eigenvalue weighted by Crippen LogP contribution is -2.10. The minimum absolute atomic E-state index is 0.694. The minimum atomic E-state index is 0.694. The second-order valence-corrected chi connectivity index (χ2v) is 6.44. The summed E-state index contributed by atoms with van der Waals surface area (Å²) >= 11 is 7.23. The van der Waals surface area contributed by atoms with Crippen LogP contribution in [0.1, 0.15) is 18.3 Å². The van der Waals surface area contributed by atoms with E-state index in [4.69, 9.17) is 11.6 Å². The highest BCUT2D eigenvalue weighted by molar-refractivity contribution is 7.09. The molecule has 2 N–H and O–H groups in total. The maximum absolute atomic E-state index is 5.89. The zero-order valence-corrected chi connectivity index (χ0v) is 14.7. The van der Waals surface area contributed by atoms with Crippen LogP contribution < -0.4 is 10.6 Å². The number of anilines is 2. The zero-order valence-electron chi connectivity index (χ0n) is 13.2. The van der Waals surface area contributed by atoms with Crippen molar-refractivity contribution < 1.29 is 0 Å². The first kappa shape index (κ1) is 16.5. The minimum Gasteiger partial charge on any atom is -0.384 e. The fourth-order valence-corrected chi connectivity index (χ4v) is 2.78. The van der Waals surface area contributed by atoms with Gasteiger partial charge in [-0.3, -0.25) is 0 Å². The molecule has 0 fully saturated rings. The van der Waals surface area contributed by atoms with E-state index in [9.17, 15) is 0 Å². The van der Waals surface area contributed by atoms with Gasteiger partial charge in [-0.1, -0.05) is 41.9 Å². The van der Waals surface area contributed by atoms with E-state index in [2.05, 4.69) is 20.0 Å². The van der Waals surface area contributed by atoms with Gasteiger partial charge in [-0.25, -0.2) is 0 Å². The average Bonchev–Trinajstić information content (AvgIpc) is 3.02. The van der Waals surface area contributed by atoms with Gasteiger partial charge in [-0.15, -0.1) is 0 Å². The predicted molar refractivity (Wildman–Crippen MR) is 102 cm³/mol. The number of hydrogen-bond donors (Lipinski definition) is 2. The van der Waals surface area contributed by atoms with E-state index >= 15 is 0 Å². The lowest BCUT2D eigenvalue weighted by Gasteiger charge is -2.06. The molecule has 0 saturated heterocycles. The lowest BCUT2D eigenvalue weighted by molar-refractivity contribution is 0.817. The molecule has 0 atom stereocenters. The second kappa shape index (κ2) is 7.95. The Balaban J connectivity index is 1.58. The summed E-state index contributed by atoms with van der Waals surface area (Å²) in [6.07, 6.45) is 1.93. The van der Waals surface area contributed by atoms with Gasteiger partial charge in [0, 0.05) is 40.6 Å². The molecule has 0 aliphatic carbocycles. The van der Waals surface area contributed by atoms with E-state index in [0.29, 0.717) is 5.82 Å². The Labute approximate surface area is 150 Å². The van der Waals surface area contributed by atoms with Crippen molar-refractivity contribution in [3.05, 3.63) is 76.7 Å². The van der Waals surface area contributed by atoms with Crippen LogP contribution in [0.5, 0.6) is 0 Å². The number of rotatable bonds is 6. The molecule has 1 aromatic heterocycles. The van der Waals surface area contributed by atoms with Crippen LogP contribution in [0.3, 0.4) is 0 Å². The van der Waals surface area contributed by atoms with Gasteiger partial charge in [0.05, 0.1) is 0 Å². The van der Waals surface area contributed by atoms with Gasteiger partial charge in [0.1, 0.15) is 0 Å². The van der Waals surface area contributed by atoms with Gasteiger partial charge in [0.2, 0.25) is 5.13 Å². The summed E-state index contributed by atoms with van der Waals surface area (Å²) in [5.41, 5.74) is 3.18. The van der Waals surface area contributed by atoms with E-state index in [-0.39, 0.29) is 0 Å². The van der Waals surface area contributed by atoms with Crippen LogP contribution in [-0.2, 0) is 6.54 Å². The molecule has 2 aromatic carbocycles. The summed E-state index contributed by atoms with van der Waals surface area (Å²) in [5.74, 6) is 0.694. The molecule has 3 aromatic rings. The van der Waals surface area contributed by atoms with Crippen LogP contribution in [0, 0.1) is 0 Å². The van der Waals surface area contributed by atoms with E-state index in [0.717, 1.165) is 28.1 Å². The van der Waals surface area contributed by atoms with Crippen molar-refractivity contribution in [1.29, 1.82) is 0 Å². The van der Waals surface area contributed by atoms with Crippen LogP contribution in [0.2, 0.25) is 5.02 Å². The third kappa shape index (κ3) is 4.81. The second-order valence-electron chi connectivity index (χ2n) is 5.26. The Hall–Kier alpha value is -2.37. The summed E-state index contributed by atoms with van der Waals surface area (Å²) < 4.78 is 4.35. The van der Waals surface area contributed by atoms with Crippen LogP contribution in [0.4, 0.5) is 10.8 Å². The van der Waals surface area contributed by atoms with Gasteiger partial charge in [0.25, 0.3) is 0 Å². The molecule has 6 heteroatoms. The molecule has 24 heavy (non-hydrogen) atoms. The molecule has 4 nitrogen and oxygen atoms in total. The zero-order chi connectivity index (χ0) is 16.8. The lowest BCUT2D eigenvalue weighted by atomic mass is 10.2. The Morgan fingerprint density at radius 1 is 1.12 bits per heavy atom. The molecule has 0 bridgehead atoms. The molecule has 122 valence electrons. The van der Waals surface area contributed by atoms with Crippen molar-refractivity contribution in [2.45, 2.75) is 13.5 Å². The van der Waals surface area contributed by atoms with Gasteiger partial charge in [0.15, 0.2) is 5.82 Å². The molecule has 1 heterocycles. The fourth-order valence-electron chi connectivity index (χ4n) is 2.08. The third-order valence-electron chi connectivity index (χ3n) is 3.30. The molecule has 0 amide bonds. The van der Waals surface area contributed by atoms with Crippen LogP contribution in [-0.4, -0.2) is 9.36 Å². The van der Waals surface area contributed by atoms with Gasteiger partial charge >= 0.3 is 0 Å². The summed E-state index contributed by atoms with van der Waals surface area (Å²) in [6.45, 7) is 2.74. The topological polar surface area (TPSA) is 49.8 Å². The molecular weight excluding hydrogens is 340 g/mol. The number of aromatic nitrogens is 2. The van der Waals surface area contributed by atoms with Gasteiger partial charge < -0.3 is 10.6 Å². The van der Waals surface area contributed by atoms with E-state index in [1.807, 2.05) is 67.6 Å². The van der Waals surface area contributed by atoms with Crippen molar-refractivity contribution in [1.82, 2.24) is 14.7 Å². The maximum Gasteiger partial charge on any atom is 0.207 e. The molecule has 0 saturated carbocycles. The highest BCUT2D eigenvalue weighted by atomic mass is 35.5. The van der Waals surface area contributed by atoms with Gasteiger partial charge in [-0.05, 0) is 36.8 Å². The molecule has 0 aliphatic rings. The molecule has 0 unspecified atom stereocenters. The SMILES string of the molecule is CC(=Cc1nsc(Nc2ccccc2)n1)NCc1ccc(Cl)cc1. The Bertz CT molecular complexity index is 813. The monoisotopic (exact) mass is 356 g/mol. The van der Waals surface area contributed by atoms with Crippen molar-refractivity contribution in [2.75, 3.05) is 5.32 Å². The summed E-state index contributed by atoms with van der Waals surface area (Å²) in [7, 11) is 0. The molecule has 0 aliphatic heterocycles. The number of para-hydroxylation sites is 1. The quantitative estimate of drug-likeness (QED) is 0.646. The number of hydrogen-bond acceptors (Lipinski definition) is 5. The Morgan fingerprint density at radius 2 is 1.88 bits per heavy atom. The smallest absolute Gasteiger partial charge is 0.207 e. The molecule has 0 radical (unpaired) electrons. The predicted octanol–water partition coefficient (Wildman–Crippen LogP) is 5.09. The van der Waals surface area contributed by atoms with Crippen molar-refractivity contribution in [3.63, 3.8) is 0 Å². The molecule has 3 rings (SSSR count). The van der Waals surface area contributed by atoms with Crippen LogP contribution in [0.15, 0.2) is 60.3 Å². The van der Waals surface area contributed by atoms with E-state index < -0.39 is 0 Å². The van der Waals surface area contributed by atoms with Crippen LogP contribution >= 0.6 is 23.1 Å². The highest BCUT2D eigenvalue weighted by Crippen LogP contribution is 2.19. The third-order valence-corrected chi connectivity index (χ3v) is 4.19. The first-order chi connectivity index (χ1) is 11.7. The van der Waals surface area contributed by atoms with E-state index in [1.54, 1.807) is 0 Å². The number of halogens is 1. The van der Waals surface area contributed by atoms with Crippen molar-refractivity contribution in [2.24, 2.45) is 0 Å². The first-order valence-corrected chi connectivity index (χ1v) is 8.66. The summed E-state index contributed by atoms with van der Waals surface area (Å²) in [4.78, 5) is 4.47. The number of allylic oxidation sites excluding steroid dienone is 1. The van der Waals surface area contributed by atoms with E-state index in [1.165, 1.54) is 17.1 Å². The normalized spacial score (nSPS) is 11.3. The first-order valence-electron chi connectivity index (χ1n) is 7.51. The molecular formula is C18H17ClN4S. The average molecular weight is 357 g/mol. The Kier molecular flexibility index (Phi) is 5.46. The summed E-state index contributed by atoms with van der Waals surface area (Å²) in [5, 5.41) is 8.11.